The molecule has 2 heterocycles. The molecule has 0 spiro atoms. The number of anilines is 2. The Morgan fingerprint density at radius 1 is 1.10 bits per heavy atom. The maximum atomic E-state index is 5.45. The Morgan fingerprint density at radius 2 is 1.80 bits per heavy atom. The molecule has 2 aromatic rings. The molecule has 6 heteroatoms. The van der Waals surface area contributed by atoms with Crippen molar-refractivity contribution in [3.05, 3.63) is 29.2 Å². The molecule has 0 aliphatic heterocycles. The van der Waals surface area contributed by atoms with Crippen LogP contribution < -0.4 is 10.6 Å². The van der Waals surface area contributed by atoms with E-state index in [9.17, 15) is 0 Å². The maximum Gasteiger partial charge on any atom is 0.213 e. The third kappa shape index (κ3) is 3.26. The number of oxazole rings is 1. The van der Waals surface area contributed by atoms with Crippen molar-refractivity contribution in [2.45, 2.75) is 40.7 Å². The van der Waals surface area contributed by atoms with Gasteiger partial charge in [0.1, 0.15) is 23.2 Å². The van der Waals surface area contributed by atoms with Gasteiger partial charge < -0.3 is 15.1 Å². The van der Waals surface area contributed by atoms with E-state index in [1.54, 1.807) is 6.20 Å². The third-order valence-electron chi connectivity index (χ3n) is 2.93. The van der Waals surface area contributed by atoms with Gasteiger partial charge in [-0.15, -0.1) is 0 Å². The van der Waals surface area contributed by atoms with Crippen LogP contribution in [0.25, 0.3) is 0 Å². The molecule has 0 aliphatic rings. The van der Waals surface area contributed by atoms with Gasteiger partial charge in [-0.3, -0.25) is 0 Å². The fraction of sp³-hybridized carbons (Fsp3) is 0.500. The highest BCUT2D eigenvalue weighted by atomic mass is 16.4. The smallest absolute Gasteiger partial charge is 0.213 e. The quantitative estimate of drug-likeness (QED) is 0.844. The molecule has 0 bridgehead atoms. The Morgan fingerprint density at radius 3 is 2.35 bits per heavy atom. The highest BCUT2D eigenvalue weighted by Gasteiger charge is 2.10. The number of hydrogen-bond acceptors (Lipinski definition) is 6. The minimum absolute atomic E-state index is 0.514. The van der Waals surface area contributed by atoms with E-state index in [2.05, 4.69) is 32.5 Å². The fourth-order valence-corrected chi connectivity index (χ4v) is 1.88. The SMILES string of the molecule is CCNc1nc(CC)nc(NCc2ncc(C)o2)c1C. The molecular formula is C14H21N5O. The molecule has 20 heavy (non-hydrogen) atoms. The van der Waals surface area contributed by atoms with Crippen LogP contribution in [-0.4, -0.2) is 21.5 Å². The van der Waals surface area contributed by atoms with Crippen LogP contribution in [0.1, 0.15) is 36.9 Å². The number of nitrogens with one attached hydrogen (secondary N) is 2. The van der Waals surface area contributed by atoms with Gasteiger partial charge in [-0.05, 0) is 20.8 Å². The van der Waals surface area contributed by atoms with E-state index >= 15 is 0 Å². The van der Waals surface area contributed by atoms with Gasteiger partial charge in [-0.2, -0.15) is 0 Å². The van der Waals surface area contributed by atoms with Gasteiger partial charge in [0.15, 0.2) is 0 Å². The number of aromatic nitrogens is 3. The number of hydrogen-bond donors (Lipinski definition) is 2. The molecule has 0 unspecified atom stereocenters. The van der Waals surface area contributed by atoms with Crippen molar-refractivity contribution in [3.8, 4) is 0 Å². The Hall–Kier alpha value is -2.11. The summed E-state index contributed by atoms with van der Waals surface area (Å²) >= 11 is 0. The predicted octanol–water partition coefficient (Wildman–Crippen LogP) is 2.69. The molecule has 0 atom stereocenters. The first-order valence-corrected chi connectivity index (χ1v) is 6.90. The van der Waals surface area contributed by atoms with E-state index in [1.165, 1.54) is 0 Å². The minimum atomic E-state index is 0.514. The normalized spacial score (nSPS) is 10.6. The zero-order chi connectivity index (χ0) is 14.5. The lowest BCUT2D eigenvalue weighted by atomic mass is 10.3. The molecular weight excluding hydrogens is 254 g/mol. The van der Waals surface area contributed by atoms with E-state index in [0.29, 0.717) is 12.4 Å². The van der Waals surface area contributed by atoms with Crippen LogP contribution in [-0.2, 0) is 13.0 Å². The highest BCUT2D eigenvalue weighted by molar-refractivity contribution is 5.57. The molecule has 108 valence electrons. The summed E-state index contributed by atoms with van der Waals surface area (Å²) in [6.45, 7) is 9.32. The number of nitrogens with zero attached hydrogens (tertiary/aromatic N) is 3. The first-order valence-electron chi connectivity index (χ1n) is 6.90. The molecule has 2 N–H and O–H groups in total. The van der Waals surface area contributed by atoms with Crippen LogP contribution in [0.2, 0.25) is 0 Å². The molecule has 2 aromatic heterocycles. The lowest BCUT2D eigenvalue weighted by molar-refractivity contribution is 0.478. The second kappa shape index (κ2) is 6.36. The zero-order valence-electron chi connectivity index (χ0n) is 12.4. The number of aryl methyl sites for hydroxylation is 2. The summed E-state index contributed by atoms with van der Waals surface area (Å²) in [5.74, 6) is 3.99. The maximum absolute atomic E-state index is 5.45. The van der Waals surface area contributed by atoms with E-state index in [4.69, 9.17) is 4.42 Å². The van der Waals surface area contributed by atoms with Gasteiger partial charge in [-0.1, -0.05) is 6.92 Å². The van der Waals surface area contributed by atoms with Crippen molar-refractivity contribution in [3.63, 3.8) is 0 Å². The third-order valence-corrected chi connectivity index (χ3v) is 2.93. The zero-order valence-corrected chi connectivity index (χ0v) is 12.4. The second-order valence-electron chi connectivity index (χ2n) is 4.56. The van der Waals surface area contributed by atoms with Crippen LogP contribution in [0.15, 0.2) is 10.6 Å². The van der Waals surface area contributed by atoms with Gasteiger partial charge >= 0.3 is 0 Å². The highest BCUT2D eigenvalue weighted by Crippen LogP contribution is 2.20. The fourth-order valence-electron chi connectivity index (χ4n) is 1.88. The topological polar surface area (TPSA) is 75.9 Å². The molecule has 0 aromatic carbocycles. The molecule has 0 amide bonds. The van der Waals surface area contributed by atoms with Gasteiger partial charge in [0.05, 0.1) is 12.7 Å². The summed E-state index contributed by atoms with van der Waals surface area (Å²) in [6.07, 6.45) is 2.51. The molecule has 0 fully saturated rings. The van der Waals surface area contributed by atoms with Crippen molar-refractivity contribution in [1.82, 2.24) is 15.0 Å². The largest absolute Gasteiger partial charge is 0.444 e. The van der Waals surface area contributed by atoms with Crippen molar-refractivity contribution >= 4 is 11.6 Å². The van der Waals surface area contributed by atoms with E-state index < -0.39 is 0 Å². The van der Waals surface area contributed by atoms with Crippen molar-refractivity contribution in [2.24, 2.45) is 0 Å². The van der Waals surface area contributed by atoms with Crippen LogP contribution >= 0.6 is 0 Å². The summed E-state index contributed by atoms with van der Waals surface area (Å²) in [5.41, 5.74) is 1.01. The molecule has 0 saturated heterocycles. The summed E-state index contributed by atoms with van der Waals surface area (Å²) in [4.78, 5) is 13.2. The van der Waals surface area contributed by atoms with Gasteiger partial charge in [-0.25, -0.2) is 15.0 Å². The van der Waals surface area contributed by atoms with E-state index in [-0.39, 0.29) is 0 Å². The second-order valence-corrected chi connectivity index (χ2v) is 4.56. The molecule has 0 radical (unpaired) electrons. The van der Waals surface area contributed by atoms with Crippen molar-refractivity contribution in [1.29, 1.82) is 0 Å². The van der Waals surface area contributed by atoms with Crippen LogP contribution in [0.3, 0.4) is 0 Å². The standard InChI is InChI=1S/C14H21N5O/c1-5-11-18-13(15-6-2)10(4)14(19-11)17-8-12-16-7-9(3)20-12/h7H,5-6,8H2,1-4H3,(H2,15,17,18,19). The first kappa shape index (κ1) is 14.3. The Labute approximate surface area is 119 Å². The predicted molar refractivity (Wildman–Crippen MR) is 78.9 cm³/mol. The average molecular weight is 275 g/mol. The van der Waals surface area contributed by atoms with Gasteiger partial charge in [0, 0.05) is 18.5 Å². The average Bonchev–Trinajstić information content (AvgIpc) is 2.85. The van der Waals surface area contributed by atoms with E-state index in [0.717, 1.165) is 41.7 Å². The molecule has 0 aliphatic carbocycles. The molecule has 2 rings (SSSR count). The summed E-state index contributed by atoms with van der Waals surface area (Å²) < 4.78 is 5.45. The summed E-state index contributed by atoms with van der Waals surface area (Å²) in [7, 11) is 0. The summed E-state index contributed by atoms with van der Waals surface area (Å²) in [5, 5.41) is 6.53. The Kier molecular flexibility index (Phi) is 4.55. The van der Waals surface area contributed by atoms with Gasteiger partial charge in [0.2, 0.25) is 5.89 Å². The van der Waals surface area contributed by atoms with Crippen molar-refractivity contribution < 1.29 is 4.42 Å². The first-order chi connectivity index (χ1) is 9.63. The van der Waals surface area contributed by atoms with Gasteiger partial charge in [0.25, 0.3) is 0 Å². The molecule has 6 nitrogen and oxygen atoms in total. The number of rotatable bonds is 6. The van der Waals surface area contributed by atoms with Crippen molar-refractivity contribution in [2.75, 3.05) is 17.2 Å². The van der Waals surface area contributed by atoms with Crippen LogP contribution in [0.4, 0.5) is 11.6 Å². The lowest BCUT2D eigenvalue weighted by Crippen LogP contribution is -2.11. The lowest BCUT2D eigenvalue weighted by Gasteiger charge is -2.13. The summed E-state index contributed by atoms with van der Waals surface area (Å²) in [6, 6.07) is 0. The minimum Gasteiger partial charge on any atom is -0.444 e. The molecule has 0 saturated carbocycles. The Balaban J connectivity index is 2.19. The monoisotopic (exact) mass is 275 g/mol. The van der Waals surface area contributed by atoms with Crippen LogP contribution in [0.5, 0.6) is 0 Å². The van der Waals surface area contributed by atoms with Crippen LogP contribution in [0, 0.1) is 13.8 Å². The Bertz CT molecular complexity index is 579. The van der Waals surface area contributed by atoms with E-state index in [1.807, 2.05) is 20.8 Å².